The molecule has 0 unspecified atom stereocenters. The zero-order valence-corrected chi connectivity index (χ0v) is 14.0. The van der Waals surface area contributed by atoms with Crippen molar-refractivity contribution in [2.24, 2.45) is 5.92 Å². The number of amides is 1. The first-order valence-electron chi connectivity index (χ1n) is 8.08. The van der Waals surface area contributed by atoms with Gasteiger partial charge in [0.05, 0.1) is 17.9 Å². The van der Waals surface area contributed by atoms with Crippen LogP contribution in [0.2, 0.25) is 0 Å². The molecule has 1 aliphatic rings. The second-order valence-corrected chi connectivity index (χ2v) is 6.51. The highest BCUT2D eigenvalue weighted by Crippen LogP contribution is 2.23. The first-order chi connectivity index (χ1) is 10.9. The number of carboxylic acid groups (broad SMARTS) is 1. The van der Waals surface area contributed by atoms with Gasteiger partial charge < -0.3 is 19.2 Å². The highest BCUT2D eigenvalue weighted by Gasteiger charge is 2.28. The minimum Gasteiger partial charge on any atom is -0.481 e. The Hall–Kier alpha value is -1.82. The third kappa shape index (κ3) is 4.58. The number of furan rings is 1. The average Bonchev–Trinajstić information content (AvgIpc) is 2.85. The molecule has 1 fully saturated rings. The molecular weight excluding hydrogens is 298 g/mol. The van der Waals surface area contributed by atoms with Gasteiger partial charge in [0.15, 0.2) is 0 Å². The van der Waals surface area contributed by atoms with Crippen molar-refractivity contribution in [3.63, 3.8) is 0 Å². The molecule has 2 heterocycles. The summed E-state index contributed by atoms with van der Waals surface area (Å²) in [5.74, 6) is -0.413. The van der Waals surface area contributed by atoms with Crippen LogP contribution < -0.4 is 0 Å². The molecular formula is C17H25NO5. The van der Waals surface area contributed by atoms with Gasteiger partial charge in [-0.1, -0.05) is 13.8 Å². The van der Waals surface area contributed by atoms with E-state index in [-0.39, 0.29) is 24.2 Å². The maximum atomic E-state index is 12.7. The smallest absolute Gasteiger partial charge is 0.311 e. The Morgan fingerprint density at radius 2 is 2.04 bits per heavy atom. The third-order valence-electron chi connectivity index (χ3n) is 3.97. The van der Waals surface area contributed by atoms with Gasteiger partial charge in [-0.25, -0.2) is 0 Å². The van der Waals surface area contributed by atoms with E-state index >= 15 is 0 Å². The summed E-state index contributed by atoms with van der Waals surface area (Å²) in [4.78, 5) is 25.3. The van der Waals surface area contributed by atoms with Crippen molar-refractivity contribution in [3.05, 3.63) is 23.2 Å². The molecule has 1 amide bonds. The number of piperidine rings is 1. The standard InChI is InChI=1S/C17H25NO5/c1-11(2)9-22-13-4-6-18(7-5-13)17(21)16-12(3)10-23-14(16)8-15(19)20/h10-11,13H,4-9H2,1-3H3,(H,19,20). The van der Waals surface area contributed by atoms with E-state index in [4.69, 9.17) is 14.3 Å². The predicted octanol–water partition coefficient (Wildman–Crippen LogP) is 2.49. The summed E-state index contributed by atoms with van der Waals surface area (Å²) in [6, 6.07) is 0. The van der Waals surface area contributed by atoms with Gasteiger partial charge in [0.25, 0.3) is 5.91 Å². The summed E-state index contributed by atoms with van der Waals surface area (Å²) < 4.78 is 11.1. The van der Waals surface area contributed by atoms with Crippen LogP contribution in [0.25, 0.3) is 0 Å². The van der Waals surface area contributed by atoms with Crippen molar-refractivity contribution in [2.45, 2.75) is 46.1 Å². The molecule has 128 valence electrons. The van der Waals surface area contributed by atoms with Crippen LogP contribution in [0.1, 0.15) is 48.4 Å². The van der Waals surface area contributed by atoms with Crippen molar-refractivity contribution in [1.29, 1.82) is 0 Å². The minimum atomic E-state index is -1.01. The molecule has 1 aliphatic heterocycles. The number of carboxylic acids is 1. The first-order valence-corrected chi connectivity index (χ1v) is 8.08. The maximum Gasteiger partial charge on any atom is 0.311 e. The molecule has 0 radical (unpaired) electrons. The topological polar surface area (TPSA) is 80.0 Å². The molecule has 23 heavy (non-hydrogen) atoms. The zero-order valence-electron chi connectivity index (χ0n) is 14.0. The van der Waals surface area contributed by atoms with E-state index in [1.807, 2.05) is 0 Å². The lowest BCUT2D eigenvalue weighted by Gasteiger charge is -2.32. The van der Waals surface area contributed by atoms with E-state index in [1.54, 1.807) is 11.8 Å². The Morgan fingerprint density at radius 3 is 2.61 bits per heavy atom. The number of aliphatic carboxylic acids is 1. The van der Waals surface area contributed by atoms with Crippen LogP contribution in [0.4, 0.5) is 0 Å². The van der Waals surface area contributed by atoms with Gasteiger partial charge in [-0.15, -0.1) is 0 Å². The first kappa shape index (κ1) is 17.5. The molecule has 1 aromatic rings. The molecule has 6 nitrogen and oxygen atoms in total. The second-order valence-electron chi connectivity index (χ2n) is 6.51. The molecule has 0 bridgehead atoms. The number of rotatable bonds is 6. The fraction of sp³-hybridized carbons (Fsp3) is 0.647. The highest BCUT2D eigenvalue weighted by molar-refractivity contribution is 5.97. The number of aryl methyl sites for hydroxylation is 1. The number of carbonyl (C=O) groups is 2. The van der Waals surface area contributed by atoms with Gasteiger partial charge in [0, 0.05) is 25.3 Å². The average molecular weight is 323 g/mol. The number of nitrogens with zero attached hydrogens (tertiary/aromatic N) is 1. The molecule has 1 saturated heterocycles. The Bertz CT molecular complexity index is 555. The lowest BCUT2D eigenvalue weighted by Crippen LogP contribution is -2.41. The van der Waals surface area contributed by atoms with Gasteiger partial charge in [0.2, 0.25) is 0 Å². The fourth-order valence-corrected chi connectivity index (χ4v) is 2.76. The molecule has 0 spiro atoms. The zero-order chi connectivity index (χ0) is 17.0. The lowest BCUT2D eigenvalue weighted by molar-refractivity contribution is -0.136. The van der Waals surface area contributed by atoms with Crippen molar-refractivity contribution in [1.82, 2.24) is 4.90 Å². The third-order valence-corrected chi connectivity index (χ3v) is 3.97. The SMILES string of the molecule is Cc1coc(CC(=O)O)c1C(=O)N1CCC(OCC(C)C)CC1. The van der Waals surface area contributed by atoms with Gasteiger partial charge in [0.1, 0.15) is 12.2 Å². The van der Waals surface area contributed by atoms with Crippen LogP contribution in [-0.2, 0) is 16.0 Å². The Labute approximate surface area is 136 Å². The van der Waals surface area contributed by atoms with Crippen molar-refractivity contribution >= 4 is 11.9 Å². The van der Waals surface area contributed by atoms with E-state index in [1.165, 1.54) is 6.26 Å². The van der Waals surface area contributed by atoms with Crippen LogP contribution >= 0.6 is 0 Å². The number of likely N-dealkylation sites (tertiary alicyclic amines) is 1. The summed E-state index contributed by atoms with van der Waals surface area (Å²) in [5, 5.41) is 8.93. The van der Waals surface area contributed by atoms with Crippen LogP contribution in [0.15, 0.2) is 10.7 Å². The van der Waals surface area contributed by atoms with E-state index < -0.39 is 5.97 Å². The number of carbonyl (C=O) groups excluding carboxylic acids is 1. The molecule has 1 N–H and O–H groups in total. The van der Waals surface area contributed by atoms with Crippen LogP contribution in [-0.4, -0.2) is 47.7 Å². The molecule has 0 saturated carbocycles. The quantitative estimate of drug-likeness (QED) is 0.870. The highest BCUT2D eigenvalue weighted by atomic mass is 16.5. The summed E-state index contributed by atoms with van der Waals surface area (Å²) in [6.45, 7) is 7.98. The summed E-state index contributed by atoms with van der Waals surface area (Å²) in [6.07, 6.45) is 2.99. The van der Waals surface area contributed by atoms with Crippen LogP contribution in [0.3, 0.4) is 0 Å². The monoisotopic (exact) mass is 323 g/mol. The van der Waals surface area contributed by atoms with Crippen molar-refractivity contribution in [3.8, 4) is 0 Å². The molecule has 6 heteroatoms. The summed E-state index contributed by atoms with van der Waals surface area (Å²) in [5.41, 5.74) is 1.08. The van der Waals surface area contributed by atoms with Crippen molar-refractivity contribution in [2.75, 3.05) is 19.7 Å². The van der Waals surface area contributed by atoms with Crippen LogP contribution in [0, 0.1) is 12.8 Å². The Balaban J connectivity index is 1.97. The number of ether oxygens (including phenoxy) is 1. The van der Waals surface area contributed by atoms with E-state index in [0.29, 0.717) is 30.1 Å². The molecule has 0 aromatic carbocycles. The Kier molecular flexibility index (Phi) is 5.82. The van der Waals surface area contributed by atoms with E-state index in [2.05, 4.69) is 13.8 Å². The minimum absolute atomic E-state index is 0.144. The Morgan fingerprint density at radius 1 is 1.39 bits per heavy atom. The lowest BCUT2D eigenvalue weighted by atomic mass is 10.0. The number of hydrogen-bond donors (Lipinski definition) is 1. The number of hydrogen-bond acceptors (Lipinski definition) is 4. The molecule has 2 rings (SSSR count). The molecule has 0 aliphatic carbocycles. The summed E-state index contributed by atoms with van der Waals surface area (Å²) >= 11 is 0. The van der Waals surface area contributed by atoms with Gasteiger partial charge in [-0.05, 0) is 25.7 Å². The van der Waals surface area contributed by atoms with E-state index in [9.17, 15) is 9.59 Å². The van der Waals surface area contributed by atoms with E-state index in [0.717, 1.165) is 19.4 Å². The maximum absolute atomic E-state index is 12.7. The molecule has 0 atom stereocenters. The normalized spacial score (nSPS) is 16.1. The van der Waals surface area contributed by atoms with Gasteiger partial charge in [-0.2, -0.15) is 0 Å². The van der Waals surface area contributed by atoms with Crippen molar-refractivity contribution < 1.29 is 23.8 Å². The van der Waals surface area contributed by atoms with Gasteiger partial charge in [-0.3, -0.25) is 9.59 Å². The predicted molar refractivity (Wildman–Crippen MR) is 84.5 cm³/mol. The van der Waals surface area contributed by atoms with Crippen LogP contribution in [0.5, 0.6) is 0 Å². The van der Waals surface area contributed by atoms with Gasteiger partial charge >= 0.3 is 5.97 Å². The fourth-order valence-electron chi connectivity index (χ4n) is 2.76. The summed E-state index contributed by atoms with van der Waals surface area (Å²) in [7, 11) is 0. The molecule has 1 aromatic heterocycles. The largest absolute Gasteiger partial charge is 0.481 e. The second kappa shape index (κ2) is 7.64.